The molecule has 1 unspecified atom stereocenters. The van der Waals surface area contributed by atoms with Crippen molar-refractivity contribution in [2.24, 2.45) is 11.8 Å². The molecule has 0 aliphatic rings. The maximum Gasteiger partial charge on any atom is 0.407 e. The molecule has 1 atom stereocenters. The van der Waals surface area contributed by atoms with E-state index in [1.165, 1.54) is 6.92 Å². The largest absolute Gasteiger partial charge is 0.462 e. The van der Waals surface area contributed by atoms with Crippen LogP contribution in [0.3, 0.4) is 0 Å². The summed E-state index contributed by atoms with van der Waals surface area (Å²) in [6.07, 6.45) is 1.72. The minimum absolute atomic E-state index is 0.0942. The number of carbonyl (C=O) groups is 4. The van der Waals surface area contributed by atoms with Gasteiger partial charge in [0.2, 0.25) is 0 Å². The highest BCUT2D eigenvalue weighted by molar-refractivity contribution is 5.82. The van der Waals surface area contributed by atoms with Crippen molar-refractivity contribution in [3.05, 3.63) is 25.3 Å². The quantitative estimate of drug-likeness (QED) is 0.211. The normalized spacial score (nSPS) is 11.8. The minimum atomic E-state index is -1.25. The highest BCUT2D eigenvalue weighted by Gasteiger charge is 2.31. The van der Waals surface area contributed by atoms with Gasteiger partial charge in [-0.05, 0) is 19.3 Å². The van der Waals surface area contributed by atoms with Gasteiger partial charge in [-0.2, -0.15) is 0 Å². The van der Waals surface area contributed by atoms with E-state index in [1.54, 1.807) is 0 Å². The summed E-state index contributed by atoms with van der Waals surface area (Å²) in [6.45, 7) is 13.0. The molecule has 1 amide bonds. The number of carbonyl (C=O) groups excluding carboxylic acids is 4. The van der Waals surface area contributed by atoms with Gasteiger partial charge >= 0.3 is 24.0 Å². The van der Waals surface area contributed by atoms with E-state index >= 15 is 0 Å². The van der Waals surface area contributed by atoms with E-state index in [4.69, 9.17) is 18.9 Å². The third kappa shape index (κ3) is 10.9. The Morgan fingerprint density at radius 2 is 1.41 bits per heavy atom. The number of hydrogen-bond donors (Lipinski definition) is 1. The van der Waals surface area contributed by atoms with Gasteiger partial charge < -0.3 is 24.3 Å². The third-order valence-corrected chi connectivity index (χ3v) is 3.91. The van der Waals surface area contributed by atoms with E-state index < -0.39 is 23.6 Å². The van der Waals surface area contributed by atoms with Crippen LogP contribution < -0.4 is 5.32 Å². The SMILES string of the molecule is C=CC(=O)OCC(C)(COC(=O)C=C)NC(=O)OCCOC(=O)C(CC)C(C)C. The molecule has 0 fully saturated rings. The number of amides is 1. The van der Waals surface area contributed by atoms with Crippen LogP contribution in [-0.2, 0) is 33.3 Å². The molecule has 0 spiro atoms. The first kappa shape index (κ1) is 26.2. The second-order valence-corrected chi connectivity index (χ2v) is 6.87. The second kappa shape index (κ2) is 13.4. The molecule has 164 valence electrons. The molecule has 0 aromatic heterocycles. The number of esters is 3. The molecular formula is C20H31NO8. The van der Waals surface area contributed by atoms with Crippen LogP contribution in [-0.4, -0.2) is 56.0 Å². The lowest BCUT2D eigenvalue weighted by molar-refractivity contribution is -0.151. The molecule has 0 bridgehead atoms. The number of alkyl carbamates (subject to hydrolysis) is 1. The first-order chi connectivity index (χ1) is 13.6. The van der Waals surface area contributed by atoms with E-state index in [2.05, 4.69) is 18.5 Å². The van der Waals surface area contributed by atoms with Crippen LogP contribution in [0.15, 0.2) is 25.3 Å². The van der Waals surface area contributed by atoms with E-state index in [9.17, 15) is 19.2 Å². The molecule has 9 nitrogen and oxygen atoms in total. The number of ether oxygens (including phenoxy) is 4. The van der Waals surface area contributed by atoms with Gasteiger partial charge in [0.1, 0.15) is 32.0 Å². The van der Waals surface area contributed by atoms with Crippen LogP contribution >= 0.6 is 0 Å². The van der Waals surface area contributed by atoms with Gasteiger partial charge in [-0.1, -0.05) is 33.9 Å². The lowest BCUT2D eigenvalue weighted by atomic mass is 9.94. The van der Waals surface area contributed by atoms with Gasteiger partial charge in [-0.25, -0.2) is 14.4 Å². The van der Waals surface area contributed by atoms with Crippen molar-refractivity contribution >= 4 is 24.0 Å². The lowest BCUT2D eigenvalue weighted by Gasteiger charge is -2.29. The molecule has 0 rings (SSSR count). The predicted octanol–water partition coefficient (Wildman–Crippen LogP) is 2.16. The molecule has 0 saturated carbocycles. The number of nitrogens with one attached hydrogen (secondary N) is 1. The fourth-order valence-corrected chi connectivity index (χ4v) is 2.27. The van der Waals surface area contributed by atoms with Crippen molar-refractivity contribution in [1.29, 1.82) is 0 Å². The Labute approximate surface area is 171 Å². The summed E-state index contributed by atoms with van der Waals surface area (Å²) in [4.78, 5) is 46.6. The van der Waals surface area contributed by atoms with Gasteiger partial charge in [-0.15, -0.1) is 0 Å². The van der Waals surface area contributed by atoms with Gasteiger partial charge in [0, 0.05) is 12.2 Å². The Hall–Kier alpha value is -2.84. The zero-order valence-electron chi connectivity index (χ0n) is 17.5. The van der Waals surface area contributed by atoms with Crippen molar-refractivity contribution in [2.45, 2.75) is 39.7 Å². The Morgan fingerprint density at radius 3 is 1.83 bits per heavy atom. The van der Waals surface area contributed by atoms with Gasteiger partial charge in [0.25, 0.3) is 0 Å². The van der Waals surface area contributed by atoms with Crippen molar-refractivity contribution in [2.75, 3.05) is 26.4 Å². The van der Waals surface area contributed by atoms with Crippen molar-refractivity contribution in [3.63, 3.8) is 0 Å². The minimum Gasteiger partial charge on any atom is -0.462 e. The highest BCUT2D eigenvalue weighted by atomic mass is 16.6. The molecule has 0 radical (unpaired) electrons. The Morgan fingerprint density at radius 1 is 0.931 bits per heavy atom. The van der Waals surface area contributed by atoms with Gasteiger partial charge in [-0.3, -0.25) is 4.79 Å². The maximum atomic E-state index is 12.0. The topological polar surface area (TPSA) is 117 Å². The predicted molar refractivity (Wildman–Crippen MR) is 105 cm³/mol. The van der Waals surface area contributed by atoms with Crippen molar-refractivity contribution < 1.29 is 38.1 Å². The average molecular weight is 413 g/mol. The summed E-state index contributed by atoms with van der Waals surface area (Å²) in [5.41, 5.74) is -1.25. The smallest absolute Gasteiger partial charge is 0.407 e. The summed E-state index contributed by atoms with van der Waals surface area (Å²) in [5.74, 6) is -1.82. The summed E-state index contributed by atoms with van der Waals surface area (Å²) < 4.78 is 20.0. The van der Waals surface area contributed by atoms with Gasteiger partial charge in [0.05, 0.1) is 5.92 Å². The van der Waals surface area contributed by atoms with E-state index in [0.29, 0.717) is 6.42 Å². The molecule has 0 saturated heterocycles. The Balaban J connectivity index is 4.61. The fourth-order valence-electron chi connectivity index (χ4n) is 2.27. The zero-order valence-corrected chi connectivity index (χ0v) is 17.5. The lowest BCUT2D eigenvalue weighted by Crippen LogP contribution is -2.53. The van der Waals surface area contributed by atoms with Crippen LogP contribution in [0.4, 0.5) is 4.79 Å². The molecule has 1 N–H and O–H groups in total. The number of rotatable bonds is 13. The van der Waals surface area contributed by atoms with Crippen molar-refractivity contribution in [3.8, 4) is 0 Å². The van der Waals surface area contributed by atoms with Crippen LogP contribution in [0.2, 0.25) is 0 Å². The fraction of sp³-hybridized carbons (Fsp3) is 0.600. The summed E-state index contributed by atoms with van der Waals surface area (Å²) in [5, 5.41) is 2.47. The van der Waals surface area contributed by atoms with Gasteiger partial charge in [0.15, 0.2) is 0 Å². The average Bonchev–Trinajstić information content (AvgIpc) is 2.67. The standard InChI is InChI=1S/C20H31NO8/c1-7-15(14(4)5)18(24)26-10-11-27-19(25)21-20(6,12-28-16(22)8-2)13-29-17(23)9-3/h8-9,14-15H,2-3,7,10-13H2,1,4-6H3,(H,21,25). The first-order valence-corrected chi connectivity index (χ1v) is 9.28. The van der Waals surface area contributed by atoms with Crippen LogP contribution in [0.1, 0.15) is 34.1 Å². The molecular weight excluding hydrogens is 382 g/mol. The monoisotopic (exact) mass is 413 g/mol. The Kier molecular flexibility index (Phi) is 12.0. The van der Waals surface area contributed by atoms with E-state index in [1.807, 2.05) is 20.8 Å². The zero-order chi connectivity index (χ0) is 22.4. The third-order valence-electron chi connectivity index (χ3n) is 3.91. The molecule has 9 heteroatoms. The molecule has 0 aliphatic heterocycles. The summed E-state index contributed by atoms with van der Waals surface area (Å²) in [7, 11) is 0. The second-order valence-electron chi connectivity index (χ2n) is 6.87. The van der Waals surface area contributed by atoms with Crippen molar-refractivity contribution in [1.82, 2.24) is 5.32 Å². The molecule has 0 heterocycles. The summed E-state index contributed by atoms with van der Waals surface area (Å²) in [6, 6.07) is 0. The molecule has 0 aliphatic carbocycles. The highest BCUT2D eigenvalue weighted by Crippen LogP contribution is 2.16. The molecule has 0 aromatic carbocycles. The van der Waals surface area contributed by atoms with E-state index in [0.717, 1.165) is 12.2 Å². The first-order valence-electron chi connectivity index (χ1n) is 9.28. The summed E-state index contributed by atoms with van der Waals surface area (Å²) >= 11 is 0. The molecule has 29 heavy (non-hydrogen) atoms. The number of hydrogen-bond acceptors (Lipinski definition) is 8. The van der Waals surface area contributed by atoms with Crippen LogP contribution in [0.5, 0.6) is 0 Å². The van der Waals surface area contributed by atoms with Crippen LogP contribution in [0.25, 0.3) is 0 Å². The Bertz CT molecular complexity index is 575. The molecule has 0 aromatic rings. The maximum absolute atomic E-state index is 12.0. The van der Waals surface area contributed by atoms with Crippen LogP contribution in [0, 0.1) is 11.8 Å². The van der Waals surface area contributed by atoms with E-state index in [-0.39, 0.29) is 44.2 Å².